The Hall–Kier alpha value is -3.30. The highest BCUT2D eigenvalue weighted by Crippen LogP contribution is 2.22. The minimum Gasteiger partial charge on any atom is -0.303 e. The van der Waals surface area contributed by atoms with Crippen LogP contribution in [0.2, 0.25) is 0 Å². The summed E-state index contributed by atoms with van der Waals surface area (Å²) >= 11 is 0. The summed E-state index contributed by atoms with van der Waals surface area (Å²) in [4.78, 5) is 12.2. The van der Waals surface area contributed by atoms with E-state index in [1.54, 1.807) is 10.6 Å². The molecule has 0 spiro atoms. The van der Waals surface area contributed by atoms with Crippen LogP contribution < -0.4 is 0 Å². The second-order valence-corrected chi connectivity index (χ2v) is 5.47. The summed E-state index contributed by atoms with van der Waals surface area (Å²) in [6.07, 6.45) is 1.81. The zero-order chi connectivity index (χ0) is 18.3. The first-order chi connectivity index (χ1) is 12.5. The zero-order valence-corrected chi connectivity index (χ0v) is 13.0. The van der Waals surface area contributed by atoms with Crippen molar-refractivity contribution in [3.63, 3.8) is 0 Å². The summed E-state index contributed by atoms with van der Waals surface area (Å²) in [5.74, 6) is -2.54. The Morgan fingerprint density at radius 3 is 2.77 bits per heavy atom. The van der Waals surface area contributed by atoms with E-state index in [1.165, 1.54) is 24.5 Å². The van der Waals surface area contributed by atoms with Crippen molar-refractivity contribution in [3.05, 3.63) is 65.5 Å². The van der Waals surface area contributed by atoms with Gasteiger partial charge in [-0.25, -0.2) is 32.5 Å². The van der Waals surface area contributed by atoms with Gasteiger partial charge in [-0.15, -0.1) is 0 Å². The van der Waals surface area contributed by atoms with Gasteiger partial charge in [-0.3, -0.25) is 5.10 Å². The van der Waals surface area contributed by atoms with Gasteiger partial charge in [0.05, 0.1) is 5.69 Å². The lowest BCUT2D eigenvalue weighted by Crippen LogP contribution is -2.03. The van der Waals surface area contributed by atoms with E-state index in [0.29, 0.717) is 11.3 Å². The number of hydrogen-bond acceptors (Lipinski definition) is 4. The Morgan fingerprint density at radius 1 is 1.15 bits per heavy atom. The second-order valence-electron chi connectivity index (χ2n) is 5.47. The number of aromatic nitrogens is 6. The van der Waals surface area contributed by atoms with E-state index in [0.717, 1.165) is 6.07 Å². The first-order valence-electron chi connectivity index (χ1n) is 7.49. The van der Waals surface area contributed by atoms with Crippen LogP contribution in [0.3, 0.4) is 0 Å². The van der Waals surface area contributed by atoms with E-state index in [4.69, 9.17) is 0 Å². The van der Waals surface area contributed by atoms with Crippen molar-refractivity contribution < 1.29 is 17.6 Å². The van der Waals surface area contributed by atoms with Gasteiger partial charge in [-0.05, 0) is 11.6 Å². The molecule has 0 aliphatic rings. The fourth-order valence-electron chi connectivity index (χ4n) is 2.57. The first kappa shape index (κ1) is 16.2. The van der Waals surface area contributed by atoms with Crippen molar-refractivity contribution in [1.29, 1.82) is 0 Å². The van der Waals surface area contributed by atoms with Crippen molar-refractivity contribution in [2.45, 2.75) is 12.8 Å². The number of imidazole rings is 1. The van der Waals surface area contributed by atoms with Crippen molar-refractivity contribution in [2.75, 3.05) is 0 Å². The predicted molar refractivity (Wildman–Crippen MR) is 82.5 cm³/mol. The molecule has 0 fully saturated rings. The van der Waals surface area contributed by atoms with E-state index >= 15 is 0 Å². The van der Waals surface area contributed by atoms with Crippen molar-refractivity contribution >= 4 is 5.65 Å². The molecule has 0 atom stereocenters. The average molecular weight is 362 g/mol. The van der Waals surface area contributed by atoms with Crippen LogP contribution in [-0.2, 0) is 6.42 Å². The summed E-state index contributed by atoms with van der Waals surface area (Å²) < 4.78 is 54.4. The number of alkyl halides is 2. The number of nitrogens with one attached hydrogen (secondary N) is 1. The van der Waals surface area contributed by atoms with E-state index in [1.807, 2.05) is 0 Å². The number of nitrogens with zero attached hydrogens (tertiary/aromatic N) is 5. The SMILES string of the molecule is Fc1cccc(Cc2nc(-c3n[nH]c(C(F)F)n3)cn3ccnc23)c1F. The van der Waals surface area contributed by atoms with Crippen LogP contribution in [-0.4, -0.2) is 29.5 Å². The smallest absolute Gasteiger partial charge is 0.296 e. The quantitative estimate of drug-likeness (QED) is 0.566. The molecule has 0 bridgehead atoms. The fourth-order valence-corrected chi connectivity index (χ4v) is 2.57. The highest BCUT2D eigenvalue weighted by Gasteiger charge is 2.18. The molecular weight excluding hydrogens is 352 g/mol. The number of fused-ring (bicyclic) bond motifs is 1. The Kier molecular flexibility index (Phi) is 3.86. The van der Waals surface area contributed by atoms with Gasteiger partial charge in [0.25, 0.3) is 6.43 Å². The molecule has 6 nitrogen and oxygen atoms in total. The fraction of sp³-hybridized carbons (Fsp3) is 0.125. The van der Waals surface area contributed by atoms with Crippen LogP contribution >= 0.6 is 0 Å². The average Bonchev–Trinajstić information content (AvgIpc) is 3.28. The third kappa shape index (κ3) is 2.79. The van der Waals surface area contributed by atoms with E-state index in [9.17, 15) is 17.6 Å². The lowest BCUT2D eigenvalue weighted by Gasteiger charge is -2.07. The third-order valence-corrected chi connectivity index (χ3v) is 3.77. The summed E-state index contributed by atoms with van der Waals surface area (Å²) in [5.41, 5.74) is 1.07. The normalized spacial score (nSPS) is 11.6. The molecule has 132 valence electrons. The first-order valence-corrected chi connectivity index (χ1v) is 7.49. The Morgan fingerprint density at radius 2 is 2.00 bits per heavy atom. The maximum atomic E-state index is 14.0. The molecule has 0 aliphatic carbocycles. The maximum Gasteiger partial charge on any atom is 0.296 e. The molecule has 0 amide bonds. The van der Waals surface area contributed by atoms with Gasteiger partial charge in [-0.1, -0.05) is 12.1 Å². The Balaban J connectivity index is 1.81. The molecule has 26 heavy (non-hydrogen) atoms. The van der Waals surface area contributed by atoms with Gasteiger partial charge in [-0.2, -0.15) is 5.10 Å². The van der Waals surface area contributed by atoms with Gasteiger partial charge < -0.3 is 4.40 Å². The van der Waals surface area contributed by atoms with Crippen LogP contribution in [0.25, 0.3) is 17.2 Å². The van der Waals surface area contributed by atoms with Gasteiger partial charge in [0.15, 0.2) is 23.1 Å². The van der Waals surface area contributed by atoms with E-state index < -0.39 is 23.9 Å². The summed E-state index contributed by atoms with van der Waals surface area (Å²) in [6.45, 7) is 0. The summed E-state index contributed by atoms with van der Waals surface area (Å²) in [6, 6.07) is 3.85. The van der Waals surface area contributed by atoms with Crippen molar-refractivity contribution in [3.8, 4) is 11.5 Å². The van der Waals surface area contributed by atoms with Gasteiger partial charge in [0.1, 0.15) is 5.69 Å². The molecule has 0 saturated carbocycles. The van der Waals surface area contributed by atoms with Crippen LogP contribution in [0.4, 0.5) is 17.6 Å². The van der Waals surface area contributed by atoms with Crippen LogP contribution in [0.15, 0.2) is 36.8 Å². The number of benzene rings is 1. The van der Waals surface area contributed by atoms with Gasteiger partial charge in [0, 0.05) is 25.0 Å². The molecule has 3 aromatic heterocycles. The Labute approximate surface area is 143 Å². The lowest BCUT2D eigenvalue weighted by molar-refractivity contribution is 0.141. The molecule has 0 unspecified atom stereocenters. The Bertz CT molecular complexity index is 1090. The number of aromatic amines is 1. The maximum absolute atomic E-state index is 14.0. The largest absolute Gasteiger partial charge is 0.303 e. The van der Waals surface area contributed by atoms with Gasteiger partial charge >= 0.3 is 0 Å². The number of hydrogen-bond donors (Lipinski definition) is 1. The molecule has 0 saturated heterocycles. The second kappa shape index (κ2) is 6.21. The molecule has 1 aromatic carbocycles. The molecule has 4 aromatic rings. The number of rotatable bonds is 4. The molecule has 3 heterocycles. The topological polar surface area (TPSA) is 71.8 Å². The molecule has 4 rings (SSSR count). The lowest BCUT2D eigenvalue weighted by atomic mass is 10.1. The van der Waals surface area contributed by atoms with Crippen LogP contribution in [0.5, 0.6) is 0 Å². The van der Waals surface area contributed by atoms with Crippen LogP contribution in [0, 0.1) is 11.6 Å². The molecule has 0 aliphatic heterocycles. The van der Waals surface area contributed by atoms with Crippen molar-refractivity contribution in [2.24, 2.45) is 0 Å². The summed E-state index contributed by atoms with van der Waals surface area (Å²) in [7, 11) is 0. The molecule has 10 heteroatoms. The molecule has 0 radical (unpaired) electrons. The summed E-state index contributed by atoms with van der Waals surface area (Å²) in [5, 5.41) is 5.88. The van der Waals surface area contributed by atoms with Gasteiger partial charge in [0.2, 0.25) is 5.82 Å². The standard InChI is InChI=1S/C16H10F4N6/c17-9-3-1-2-8(12(9)18)6-10-16-21-4-5-26(16)7-11(22-10)14-23-15(13(19)20)25-24-14/h1-5,7,13H,6H2,(H,23,24,25). The minimum absolute atomic E-state index is 0.0307. The monoisotopic (exact) mass is 362 g/mol. The number of H-pyrrole nitrogens is 1. The highest BCUT2D eigenvalue weighted by molar-refractivity contribution is 5.55. The van der Waals surface area contributed by atoms with E-state index in [2.05, 4.69) is 25.1 Å². The zero-order valence-electron chi connectivity index (χ0n) is 13.0. The third-order valence-electron chi connectivity index (χ3n) is 3.77. The molecule has 1 N–H and O–H groups in total. The predicted octanol–water partition coefficient (Wildman–Crippen LogP) is 3.32. The number of halogens is 4. The highest BCUT2D eigenvalue weighted by atomic mass is 19.3. The van der Waals surface area contributed by atoms with Crippen LogP contribution in [0.1, 0.15) is 23.5 Å². The molecular formula is C16H10F4N6. The van der Waals surface area contributed by atoms with Crippen molar-refractivity contribution in [1.82, 2.24) is 29.5 Å². The van der Waals surface area contributed by atoms with E-state index in [-0.39, 0.29) is 23.5 Å². The minimum atomic E-state index is -2.80.